The van der Waals surface area contributed by atoms with Gasteiger partial charge >= 0.3 is 0 Å². The molecule has 0 saturated carbocycles. The van der Waals surface area contributed by atoms with Crippen LogP contribution < -0.4 is 0 Å². The molecule has 1 rings (SSSR count). The van der Waals surface area contributed by atoms with Crippen molar-refractivity contribution in [1.29, 1.82) is 0 Å². The molecule has 0 N–H and O–H groups in total. The maximum Gasteiger partial charge on any atom is 0.0884 e. The molecule has 2 heteroatoms. The van der Waals surface area contributed by atoms with Crippen LogP contribution in [0.15, 0.2) is 0 Å². The molecule has 1 heterocycles. The van der Waals surface area contributed by atoms with Gasteiger partial charge in [0.25, 0.3) is 0 Å². The predicted octanol–water partition coefficient (Wildman–Crippen LogP) is 1.59. The number of hydrogen-bond acceptors (Lipinski definition) is 2. The summed E-state index contributed by atoms with van der Waals surface area (Å²) < 4.78 is 10.8. The van der Waals surface area contributed by atoms with E-state index in [1.807, 2.05) is 0 Å². The van der Waals surface area contributed by atoms with Crippen LogP contribution in [0.4, 0.5) is 0 Å². The van der Waals surface area contributed by atoms with Gasteiger partial charge in [0.15, 0.2) is 0 Å². The van der Waals surface area contributed by atoms with Crippen molar-refractivity contribution in [2.24, 2.45) is 0 Å². The van der Waals surface area contributed by atoms with Crippen LogP contribution in [-0.2, 0) is 9.47 Å². The Labute approximate surface area is 62.5 Å². The molecule has 0 spiro atoms. The normalized spacial score (nSPS) is 41.7. The molecular formula is C8H16O2. The summed E-state index contributed by atoms with van der Waals surface area (Å²) >= 11 is 0. The van der Waals surface area contributed by atoms with Crippen molar-refractivity contribution in [2.45, 2.75) is 38.4 Å². The number of rotatable bonds is 1. The minimum atomic E-state index is -0.0213. The maximum atomic E-state index is 5.46. The van der Waals surface area contributed by atoms with Crippen LogP contribution in [-0.4, -0.2) is 25.4 Å². The second-order valence-electron chi connectivity index (χ2n) is 3.31. The van der Waals surface area contributed by atoms with E-state index >= 15 is 0 Å². The minimum Gasteiger partial charge on any atom is -0.376 e. The van der Waals surface area contributed by atoms with Gasteiger partial charge in [-0.1, -0.05) is 0 Å². The van der Waals surface area contributed by atoms with Gasteiger partial charge in [-0.25, -0.2) is 0 Å². The van der Waals surface area contributed by atoms with E-state index in [9.17, 15) is 0 Å². The van der Waals surface area contributed by atoms with E-state index in [4.69, 9.17) is 9.47 Å². The molecule has 60 valence electrons. The molecule has 1 aliphatic heterocycles. The lowest BCUT2D eigenvalue weighted by molar-refractivity contribution is -0.123. The summed E-state index contributed by atoms with van der Waals surface area (Å²) in [5, 5.41) is 0. The predicted molar refractivity (Wildman–Crippen MR) is 40.1 cm³/mol. The van der Waals surface area contributed by atoms with E-state index in [-0.39, 0.29) is 5.60 Å². The SMILES string of the molecule is COC1(C)CCC(C)OC1. The van der Waals surface area contributed by atoms with Crippen molar-refractivity contribution in [1.82, 2.24) is 0 Å². The van der Waals surface area contributed by atoms with Gasteiger partial charge in [0.1, 0.15) is 0 Å². The zero-order valence-corrected chi connectivity index (χ0v) is 7.02. The molecule has 0 aliphatic carbocycles. The Morgan fingerprint density at radius 1 is 1.60 bits per heavy atom. The molecule has 2 nitrogen and oxygen atoms in total. The van der Waals surface area contributed by atoms with Crippen molar-refractivity contribution in [3.05, 3.63) is 0 Å². The lowest BCUT2D eigenvalue weighted by atomic mass is 9.96. The highest BCUT2D eigenvalue weighted by Crippen LogP contribution is 2.24. The Balaban J connectivity index is 2.38. The highest BCUT2D eigenvalue weighted by Gasteiger charge is 2.29. The van der Waals surface area contributed by atoms with E-state index < -0.39 is 0 Å². The first-order chi connectivity index (χ1) is 4.66. The fraction of sp³-hybridized carbons (Fsp3) is 1.00. The van der Waals surface area contributed by atoms with Gasteiger partial charge < -0.3 is 9.47 Å². The summed E-state index contributed by atoms with van der Waals surface area (Å²) in [6.07, 6.45) is 2.65. The maximum absolute atomic E-state index is 5.46. The van der Waals surface area contributed by atoms with Gasteiger partial charge in [-0.05, 0) is 26.7 Å². The van der Waals surface area contributed by atoms with E-state index in [0.717, 1.165) is 19.4 Å². The van der Waals surface area contributed by atoms with Crippen molar-refractivity contribution in [3.63, 3.8) is 0 Å². The largest absolute Gasteiger partial charge is 0.376 e. The smallest absolute Gasteiger partial charge is 0.0884 e. The van der Waals surface area contributed by atoms with Crippen LogP contribution >= 0.6 is 0 Å². The first kappa shape index (κ1) is 8.02. The standard InChI is InChI=1S/C8H16O2/c1-7-4-5-8(2,9-3)6-10-7/h7H,4-6H2,1-3H3. The lowest BCUT2D eigenvalue weighted by Crippen LogP contribution is -2.39. The van der Waals surface area contributed by atoms with Gasteiger partial charge in [0.05, 0.1) is 18.3 Å². The first-order valence-electron chi connectivity index (χ1n) is 3.83. The minimum absolute atomic E-state index is 0.0213. The van der Waals surface area contributed by atoms with Crippen LogP contribution in [0.1, 0.15) is 26.7 Å². The van der Waals surface area contributed by atoms with Crippen molar-refractivity contribution in [2.75, 3.05) is 13.7 Å². The Hall–Kier alpha value is -0.0800. The third-order valence-corrected chi connectivity index (χ3v) is 2.25. The summed E-state index contributed by atoms with van der Waals surface area (Å²) in [6, 6.07) is 0. The second-order valence-corrected chi connectivity index (χ2v) is 3.31. The topological polar surface area (TPSA) is 18.5 Å². The van der Waals surface area contributed by atoms with Gasteiger partial charge in [0.2, 0.25) is 0 Å². The quantitative estimate of drug-likeness (QED) is 0.556. The molecule has 1 fully saturated rings. The Bertz CT molecular complexity index is 104. The van der Waals surface area contributed by atoms with Crippen molar-refractivity contribution < 1.29 is 9.47 Å². The average Bonchev–Trinajstić information content (AvgIpc) is 1.96. The zero-order valence-electron chi connectivity index (χ0n) is 7.02. The van der Waals surface area contributed by atoms with Crippen LogP contribution in [0.2, 0.25) is 0 Å². The molecule has 0 bridgehead atoms. The number of ether oxygens (including phenoxy) is 2. The van der Waals surface area contributed by atoms with E-state index in [1.165, 1.54) is 0 Å². The Kier molecular flexibility index (Phi) is 2.32. The number of methoxy groups -OCH3 is 1. The highest BCUT2D eigenvalue weighted by atomic mass is 16.5. The monoisotopic (exact) mass is 144 g/mol. The van der Waals surface area contributed by atoms with Crippen molar-refractivity contribution in [3.8, 4) is 0 Å². The first-order valence-corrected chi connectivity index (χ1v) is 3.83. The molecule has 0 radical (unpaired) electrons. The summed E-state index contributed by atoms with van der Waals surface area (Å²) in [6.45, 7) is 4.94. The molecule has 0 aromatic rings. The third-order valence-electron chi connectivity index (χ3n) is 2.25. The van der Waals surface area contributed by atoms with Gasteiger partial charge in [-0.15, -0.1) is 0 Å². The van der Waals surface area contributed by atoms with Gasteiger partial charge in [0, 0.05) is 7.11 Å². The molecular weight excluding hydrogens is 128 g/mol. The van der Waals surface area contributed by atoms with Crippen LogP contribution in [0.5, 0.6) is 0 Å². The summed E-state index contributed by atoms with van der Waals surface area (Å²) in [5.41, 5.74) is -0.0213. The molecule has 0 aromatic heterocycles. The molecule has 0 amide bonds. The average molecular weight is 144 g/mol. The Morgan fingerprint density at radius 3 is 2.70 bits per heavy atom. The molecule has 2 unspecified atom stereocenters. The van der Waals surface area contributed by atoms with Gasteiger partial charge in [-0.2, -0.15) is 0 Å². The van der Waals surface area contributed by atoms with Gasteiger partial charge in [-0.3, -0.25) is 0 Å². The molecule has 0 aromatic carbocycles. The van der Waals surface area contributed by atoms with Crippen LogP contribution in [0, 0.1) is 0 Å². The fourth-order valence-corrected chi connectivity index (χ4v) is 1.14. The Morgan fingerprint density at radius 2 is 2.30 bits per heavy atom. The summed E-state index contributed by atoms with van der Waals surface area (Å²) in [7, 11) is 1.75. The summed E-state index contributed by atoms with van der Waals surface area (Å²) in [4.78, 5) is 0. The van der Waals surface area contributed by atoms with Crippen molar-refractivity contribution >= 4 is 0 Å². The van der Waals surface area contributed by atoms with Crippen LogP contribution in [0.3, 0.4) is 0 Å². The zero-order chi connectivity index (χ0) is 7.61. The van der Waals surface area contributed by atoms with Crippen LogP contribution in [0.25, 0.3) is 0 Å². The molecule has 10 heavy (non-hydrogen) atoms. The lowest BCUT2D eigenvalue weighted by Gasteiger charge is -2.34. The molecule has 1 aliphatic rings. The van der Waals surface area contributed by atoms with E-state index in [2.05, 4.69) is 13.8 Å². The summed E-state index contributed by atoms with van der Waals surface area (Å²) in [5.74, 6) is 0. The molecule has 2 atom stereocenters. The highest BCUT2D eigenvalue weighted by molar-refractivity contribution is 4.79. The third kappa shape index (κ3) is 1.70. The molecule has 1 saturated heterocycles. The number of hydrogen-bond donors (Lipinski definition) is 0. The fourth-order valence-electron chi connectivity index (χ4n) is 1.14. The second kappa shape index (κ2) is 2.89. The van der Waals surface area contributed by atoms with E-state index in [1.54, 1.807) is 7.11 Å². The van der Waals surface area contributed by atoms with E-state index in [0.29, 0.717) is 6.10 Å².